The molecule has 3 rings (SSSR count). The number of fused-ring (bicyclic) bond motifs is 2. The van der Waals surface area contributed by atoms with Gasteiger partial charge in [0.05, 0.1) is 20.1 Å². The SMILES string of the molecule is COc1ccc(CN(C)C(=O)C2C3CCC(C3)C2N)c(OC)c1.Cl. The van der Waals surface area contributed by atoms with E-state index in [9.17, 15) is 4.79 Å². The van der Waals surface area contributed by atoms with Crippen molar-refractivity contribution < 1.29 is 14.3 Å². The van der Waals surface area contributed by atoms with Crippen molar-refractivity contribution in [2.24, 2.45) is 23.5 Å². The molecule has 24 heavy (non-hydrogen) atoms. The van der Waals surface area contributed by atoms with Crippen LogP contribution in [-0.4, -0.2) is 38.1 Å². The van der Waals surface area contributed by atoms with Gasteiger partial charge in [-0.1, -0.05) is 0 Å². The summed E-state index contributed by atoms with van der Waals surface area (Å²) in [4.78, 5) is 14.6. The Morgan fingerprint density at radius 3 is 2.54 bits per heavy atom. The minimum absolute atomic E-state index is 0. The summed E-state index contributed by atoms with van der Waals surface area (Å²) in [5, 5.41) is 0. The first-order valence-corrected chi connectivity index (χ1v) is 8.26. The minimum atomic E-state index is -0.0111. The molecular formula is C18H27ClN2O3. The van der Waals surface area contributed by atoms with E-state index in [-0.39, 0.29) is 30.3 Å². The molecule has 4 atom stereocenters. The molecule has 2 aliphatic rings. The van der Waals surface area contributed by atoms with Crippen molar-refractivity contribution in [3.05, 3.63) is 23.8 Å². The Morgan fingerprint density at radius 2 is 1.96 bits per heavy atom. The van der Waals surface area contributed by atoms with Crippen molar-refractivity contribution in [3.8, 4) is 11.5 Å². The van der Waals surface area contributed by atoms with E-state index in [1.807, 2.05) is 25.2 Å². The molecular weight excluding hydrogens is 328 g/mol. The first kappa shape index (κ1) is 18.9. The molecule has 134 valence electrons. The highest BCUT2D eigenvalue weighted by molar-refractivity contribution is 5.85. The molecule has 6 heteroatoms. The molecule has 0 radical (unpaired) electrons. The van der Waals surface area contributed by atoms with Crippen LogP contribution < -0.4 is 15.2 Å². The maximum absolute atomic E-state index is 12.9. The first-order valence-electron chi connectivity index (χ1n) is 8.26. The predicted molar refractivity (Wildman–Crippen MR) is 95.6 cm³/mol. The van der Waals surface area contributed by atoms with Crippen molar-refractivity contribution in [1.29, 1.82) is 0 Å². The van der Waals surface area contributed by atoms with Gasteiger partial charge in [0.15, 0.2) is 0 Å². The normalized spacial score (nSPS) is 27.5. The van der Waals surface area contributed by atoms with Gasteiger partial charge in [0.2, 0.25) is 5.91 Å². The highest BCUT2D eigenvalue weighted by atomic mass is 35.5. The molecule has 0 aliphatic heterocycles. The van der Waals surface area contributed by atoms with Crippen LogP contribution in [0.4, 0.5) is 0 Å². The van der Waals surface area contributed by atoms with Crippen molar-refractivity contribution in [2.75, 3.05) is 21.3 Å². The van der Waals surface area contributed by atoms with Crippen LogP contribution in [0.3, 0.4) is 0 Å². The number of hydrogen-bond donors (Lipinski definition) is 1. The minimum Gasteiger partial charge on any atom is -0.497 e. The van der Waals surface area contributed by atoms with E-state index in [4.69, 9.17) is 15.2 Å². The molecule has 2 bridgehead atoms. The van der Waals surface area contributed by atoms with Crippen molar-refractivity contribution in [3.63, 3.8) is 0 Å². The highest BCUT2D eigenvalue weighted by Crippen LogP contribution is 2.48. The van der Waals surface area contributed by atoms with Gasteiger partial charge in [0, 0.05) is 31.3 Å². The molecule has 0 heterocycles. The lowest BCUT2D eigenvalue weighted by atomic mass is 9.84. The van der Waals surface area contributed by atoms with Gasteiger partial charge >= 0.3 is 0 Å². The second kappa shape index (κ2) is 7.62. The number of nitrogens with zero attached hydrogens (tertiary/aromatic N) is 1. The number of methoxy groups -OCH3 is 2. The number of benzene rings is 1. The molecule has 5 nitrogen and oxygen atoms in total. The Balaban J connectivity index is 0.00000208. The van der Waals surface area contributed by atoms with Gasteiger partial charge in [-0.3, -0.25) is 4.79 Å². The first-order chi connectivity index (χ1) is 11.0. The second-order valence-electron chi connectivity index (χ2n) is 6.81. The number of rotatable bonds is 5. The van der Waals surface area contributed by atoms with E-state index in [0.29, 0.717) is 18.4 Å². The predicted octanol–water partition coefficient (Wildman–Crippen LogP) is 2.46. The zero-order valence-electron chi connectivity index (χ0n) is 14.5. The largest absolute Gasteiger partial charge is 0.497 e. The molecule has 2 N–H and O–H groups in total. The lowest BCUT2D eigenvalue weighted by Crippen LogP contribution is -2.45. The molecule has 0 saturated heterocycles. The molecule has 0 aromatic heterocycles. The third-order valence-corrected chi connectivity index (χ3v) is 5.54. The number of halogens is 1. The second-order valence-corrected chi connectivity index (χ2v) is 6.81. The van der Waals surface area contributed by atoms with E-state index in [1.165, 1.54) is 6.42 Å². The van der Waals surface area contributed by atoms with Gasteiger partial charge in [-0.15, -0.1) is 12.4 Å². The molecule has 4 unspecified atom stereocenters. The Hall–Kier alpha value is -1.46. The zero-order chi connectivity index (χ0) is 16.6. The molecule has 2 aliphatic carbocycles. The average Bonchev–Trinajstić information content (AvgIpc) is 3.15. The highest BCUT2D eigenvalue weighted by Gasteiger charge is 2.49. The van der Waals surface area contributed by atoms with Crippen LogP contribution in [0.1, 0.15) is 24.8 Å². The van der Waals surface area contributed by atoms with Crippen LogP contribution in [0, 0.1) is 17.8 Å². The third-order valence-electron chi connectivity index (χ3n) is 5.54. The van der Waals surface area contributed by atoms with E-state index in [0.717, 1.165) is 29.9 Å². The van der Waals surface area contributed by atoms with Gasteiger partial charge in [-0.25, -0.2) is 0 Å². The Morgan fingerprint density at radius 1 is 1.25 bits per heavy atom. The Labute approximate surface area is 149 Å². The smallest absolute Gasteiger partial charge is 0.227 e. The molecule has 2 fully saturated rings. The lowest BCUT2D eigenvalue weighted by molar-refractivity contribution is -0.137. The van der Waals surface area contributed by atoms with E-state index < -0.39 is 0 Å². The maximum atomic E-state index is 12.9. The van der Waals surface area contributed by atoms with Crippen molar-refractivity contribution >= 4 is 18.3 Å². The number of hydrogen-bond acceptors (Lipinski definition) is 4. The summed E-state index contributed by atoms with van der Waals surface area (Å²) in [6, 6.07) is 5.71. The third kappa shape index (κ3) is 3.33. The summed E-state index contributed by atoms with van der Waals surface area (Å²) in [7, 11) is 5.11. The maximum Gasteiger partial charge on any atom is 0.227 e. The van der Waals surface area contributed by atoms with E-state index in [2.05, 4.69) is 0 Å². The fraction of sp³-hybridized carbons (Fsp3) is 0.611. The average molecular weight is 355 g/mol. The van der Waals surface area contributed by atoms with Gasteiger partial charge in [-0.05, 0) is 43.2 Å². The van der Waals surface area contributed by atoms with Gasteiger partial charge in [0.1, 0.15) is 11.5 Å². The quantitative estimate of drug-likeness (QED) is 0.882. The summed E-state index contributed by atoms with van der Waals surface area (Å²) in [5.74, 6) is 2.65. The summed E-state index contributed by atoms with van der Waals surface area (Å²) in [5.41, 5.74) is 7.27. The standard InChI is InChI=1S/C18H26N2O3.ClH/c1-20(10-13-6-7-14(22-2)9-15(13)23-3)18(21)16-11-4-5-12(8-11)17(16)19;/h6-7,9,11-12,16-17H,4-5,8,10,19H2,1-3H3;1H. The number of ether oxygens (including phenoxy) is 2. The zero-order valence-corrected chi connectivity index (χ0v) is 15.3. The summed E-state index contributed by atoms with van der Waals surface area (Å²) < 4.78 is 10.6. The molecule has 2 saturated carbocycles. The Bertz CT molecular complexity index is 594. The monoisotopic (exact) mass is 354 g/mol. The van der Waals surface area contributed by atoms with Gasteiger partial charge in [0.25, 0.3) is 0 Å². The Kier molecular flexibility index (Phi) is 5.99. The van der Waals surface area contributed by atoms with Crippen molar-refractivity contribution in [2.45, 2.75) is 31.8 Å². The molecule has 1 aromatic carbocycles. The topological polar surface area (TPSA) is 64.8 Å². The number of nitrogens with two attached hydrogens (primary N) is 1. The van der Waals surface area contributed by atoms with E-state index >= 15 is 0 Å². The molecule has 1 aromatic rings. The van der Waals surface area contributed by atoms with Crippen LogP contribution in [-0.2, 0) is 11.3 Å². The van der Waals surface area contributed by atoms with Crippen LogP contribution in [0.25, 0.3) is 0 Å². The molecule has 0 spiro atoms. The summed E-state index contributed by atoms with van der Waals surface area (Å²) in [6.07, 6.45) is 3.46. The van der Waals surface area contributed by atoms with Gasteiger partial charge in [-0.2, -0.15) is 0 Å². The van der Waals surface area contributed by atoms with Crippen LogP contribution in [0.15, 0.2) is 18.2 Å². The van der Waals surface area contributed by atoms with Crippen LogP contribution >= 0.6 is 12.4 Å². The van der Waals surface area contributed by atoms with Crippen molar-refractivity contribution in [1.82, 2.24) is 4.90 Å². The van der Waals surface area contributed by atoms with Crippen LogP contribution in [0.5, 0.6) is 11.5 Å². The number of carbonyl (C=O) groups excluding carboxylic acids is 1. The number of amides is 1. The summed E-state index contributed by atoms with van der Waals surface area (Å²) >= 11 is 0. The molecule has 1 amide bonds. The number of carbonyl (C=O) groups is 1. The van der Waals surface area contributed by atoms with E-state index in [1.54, 1.807) is 19.1 Å². The fourth-order valence-electron chi connectivity index (χ4n) is 4.27. The summed E-state index contributed by atoms with van der Waals surface area (Å²) in [6.45, 7) is 0.520. The lowest BCUT2D eigenvalue weighted by Gasteiger charge is -2.31. The fourth-order valence-corrected chi connectivity index (χ4v) is 4.27. The van der Waals surface area contributed by atoms with Crippen LogP contribution in [0.2, 0.25) is 0 Å². The van der Waals surface area contributed by atoms with Gasteiger partial charge < -0.3 is 20.1 Å².